The average molecular weight is 318 g/mol. The summed E-state index contributed by atoms with van der Waals surface area (Å²) in [7, 11) is 0. The average Bonchev–Trinajstić information content (AvgIpc) is 3.03. The lowest BCUT2D eigenvalue weighted by Gasteiger charge is -2.09. The third kappa shape index (κ3) is 2.46. The molecule has 0 spiro atoms. The molecule has 0 aliphatic carbocycles. The van der Waals surface area contributed by atoms with Gasteiger partial charge in [-0.15, -0.1) is 0 Å². The van der Waals surface area contributed by atoms with Gasteiger partial charge in [0.15, 0.2) is 5.69 Å². The fourth-order valence-corrected chi connectivity index (χ4v) is 2.83. The molecule has 0 aliphatic heterocycles. The van der Waals surface area contributed by atoms with E-state index >= 15 is 0 Å². The molecule has 0 amide bonds. The summed E-state index contributed by atoms with van der Waals surface area (Å²) in [6, 6.07) is 19.5. The first-order valence-electron chi connectivity index (χ1n) is 7.53. The second-order valence-corrected chi connectivity index (χ2v) is 5.51. The van der Waals surface area contributed by atoms with E-state index in [1.54, 1.807) is 18.2 Å². The Morgan fingerprint density at radius 3 is 2.75 bits per heavy atom. The van der Waals surface area contributed by atoms with Gasteiger partial charge in [0.1, 0.15) is 12.4 Å². The number of nitrogens with one attached hydrogen (secondary N) is 1. The van der Waals surface area contributed by atoms with Gasteiger partial charge in [0.2, 0.25) is 0 Å². The van der Waals surface area contributed by atoms with E-state index in [0.717, 1.165) is 10.9 Å². The summed E-state index contributed by atoms with van der Waals surface area (Å²) < 4.78 is 5.88. The van der Waals surface area contributed by atoms with Gasteiger partial charge in [0, 0.05) is 11.5 Å². The molecule has 0 saturated heterocycles. The van der Waals surface area contributed by atoms with Crippen LogP contribution in [0.1, 0.15) is 16.1 Å². The lowest BCUT2D eigenvalue weighted by atomic mass is 10.1. The minimum atomic E-state index is -1.05. The first kappa shape index (κ1) is 14.3. The van der Waals surface area contributed by atoms with Crippen molar-refractivity contribution in [1.29, 1.82) is 0 Å². The summed E-state index contributed by atoms with van der Waals surface area (Å²) in [5.74, 6) is -0.387. The van der Waals surface area contributed by atoms with E-state index in [4.69, 9.17) is 9.84 Å². The van der Waals surface area contributed by atoms with Gasteiger partial charge in [-0.3, -0.25) is 5.10 Å². The van der Waals surface area contributed by atoms with Gasteiger partial charge in [0.25, 0.3) is 0 Å². The number of aromatic nitrogens is 2. The second-order valence-electron chi connectivity index (χ2n) is 5.51. The predicted octanol–water partition coefficient (Wildman–Crippen LogP) is 3.99. The van der Waals surface area contributed by atoms with Crippen molar-refractivity contribution in [3.8, 4) is 5.75 Å². The van der Waals surface area contributed by atoms with Crippen molar-refractivity contribution in [3.63, 3.8) is 0 Å². The van der Waals surface area contributed by atoms with Crippen LogP contribution >= 0.6 is 0 Å². The normalized spacial score (nSPS) is 11.0. The van der Waals surface area contributed by atoms with E-state index in [0.29, 0.717) is 23.3 Å². The van der Waals surface area contributed by atoms with E-state index in [1.807, 2.05) is 24.3 Å². The van der Waals surface area contributed by atoms with Crippen LogP contribution in [0, 0.1) is 0 Å². The summed E-state index contributed by atoms with van der Waals surface area (Å²) in [5, 5.41) is 18.5. The minimum Gasteiger partial charge on any atom is -0.489 e. The lowest BCUT2D eigenvalue weighted by Crippen LogP contribution is -1.97. The van der Waals surface area contributed by atoms with Gasteiger partial charge >= 0.3 is 5.97 Å². The molecule has 4 rings (SSSR count). The molecule has 0 aliphatic rings. The highest BCUT2D eigenvalue weighted by molar-refractivity contribution is 6.01. The first-order valence-corrected chi connectivity index (χ1v) is 7.53. The largest absolute Gasteiger partial charge is 0.489 e. The Bertz CT molecular complexity index is 1050. The number of rotatable bonds is 4. The van der Waals surface area contributed by atoms with Crippen LogP contribution in [0.3, 0.4) is 0 Å². The molecule has 1 heterocycles. The number of nitrogens with zero attached hydrogens (tertiary/aromatic N) is 1. The summed E-state index contributed by atoms with van der Waals surface area (Å²) in [6.07, 6.45) is 0. The third-order valence-electron chi connectivity index (χ3n) is 4.01. The molecule has 5 nitrogen and oxygen atoms in total. The van der Waals surface area contributed by atoms with Gasteiger partial charge < -0.3 is 9.84 Å². The maximum atomic E-state index is 11.1. The number of benzene rings is 3. The maximum absolute atomic E-state index is 11.1. The topological polar surface area (TPSA) is 75.2 Å². The molecule has 2 N–H and O–H groups in total. The summed E-state index contributed by atoms with van der Waals surface area (Å²) >= 11 is 0. The van der Waals surface area contributed by atoms with Gasteiger partial charge in [0.05, 0.1) is 5.52 Å². The van der Waals surface area contributed by atoms with Crippen molar-refractivity contribution < 1.29 is 14.6 Å². The van der Waals surface area contributed by atoms with Crippen LogP contribution in [0.25, 0.3) is 21.7 Å². The summed E-state index contributed by atoms with van der Waals surface area (Å²) in [4.78, 5) is 11.1. The van der Waals surface area contributed by atoms with Gasteiger partial charge in [-0.25, -0.2) is 4.79 Å². The number of carboxylic acids is 1. The van der Waals surface area contributed by atoms with E-state index in [1.165, 1.54) is 5.39 Å². The van der Waals surface area contributed by atoms with Crippen LogP contribution in [0.5, 0.6) is 5.75 Å². The summed E-state index contributed by atoms with van der Waals surface area (Å²) in [5.41, 5.74) is 1.76. The molecule has 118 valence electrons. The standard InChI is InChI=1S/C19H14N2O3/c22-19(23)18-16-9-8-14(10-17(16)20-21-18)24-11-13-6-3-5-12-4-1-2-7-15(12)13/h1-10H,11H2,(H,20,21)(H,22,23). The molecular formula is C19H14N2O3. The number of hydrogen-bond acceptors (Lipinski definition) is 3. The number of fused-ring (bicyclic) bond motifs is 2. The molecule has 0 radical (unpaired) electrons. The molecule has 0 unspecified atom stereocenters. The van der Waals surface area contributed by atoms with Crippen molar-refractivity contribution >= 4 is 27.6 Å². The van der Waals surface area contributed by atoms with Crippen molar-refractivity contribution in [2.75, 3.05) is 0 Å². The smallest absolute Gasteiger partial charge is 0.357 e. The number of aromatic amines is 1. The molecule has 24 heavy (non-hydrogen) atoms. The molecule has 3 aromatic carbocycles. The SMILES string of the molecule is O=C(O)c1n[nH]c2cc(OCc3cccc4ccccc34)ccc12. The fraction of sp³-hybridized carbons (Fsp3) is 0.0526. The Morgan fingerprint density at radius 2 is 1.88 bits per heavy atom. The van der Waals surface area contributed by atoms with Crippen LogP contribution in [0.15, 0.2) is 60.7 Å². The highest BCUT2D eigenvalue weighted by Gasteiger charge is 2.13. The monoisotopic (exact) mass is 318 g/mol. The minimum absolute atomic E-state index is 0.0191. The number of ether oxygens (including phenoxy) is 1. The number of aromatic carboxylic acids is 1. The zero-order chi connectivity index (χ0) is 16.5. The van der Waals surface area contributed by atoms with Crippen LogP contribution in [0.2, 0.25) is 0 Å². The van der Waals surface area contributed by atoms with Crippen molar-refractivity contribution in [3.05, 3.63) is 71.9 Å². The molecule has 5 heteroatoms. The molecular weight excluding hydrogens is 304 g/mol. The predicted molar refractivity (Wildman–Crippen MR) is 91.3 cm³/mol. The summed E-state index contributed by atoms with van der Waals surface area (Å²) in [6.45, 7) is 0.437. The second kappa shape index (κ2) is 5.70. The number of hydrogen-bond donors (Lipinski definition) is 2. The molecule has 0 saturated carbocycles. The highest BCUT2D eigenvalue weighted by atomic mass is 16.5. The molecule has 1 aromatic heterocycles. The molecule has 0 bridgehead atoms. The van der Waals surface area contributed by atoms with Crippen LogP contribution < -0.4 is 4.74 Å². The van der Waals surface area contributed by atoms with Crippen LogP contribution in [-0.4, -0.2) is 21.3 Å². The van der Waals surface area contributed by atoms with E-state index in [-0.39, 0.29) is 5.69 Å². The number of carboxylic acid groups (broad SMARTS) is 1. The Kier molecular flexibility index (Phi) is 3.39. The van der Waals surface area contributed by atoms with E-state index < -0.39 is 5.97 Å². The molecule has 4 aromatic rings. The van der Waals surface area contributed by atoms with E-state index in [9.17, 15) is 4.79 Å². The van der Waals surface area contributed by atoms with Crippen molar-refractivity contribution in [2.45, 2.75) is 6.61 Å². The zero-order valence-electron chi connectivity index (χ0n) is 12.7. The third-order valence-corrected chi connectivity index (χ3v) is 4.01. The maximum Gasteiger partial charge on any atom is 0.357 e. The van der Waals surface area contributed by atoms with Crippen LogP contribution in [-0.2, 0) is 6.61 Å². The Balaban J connectivity index is 1.61. The van der Waals surface area contributed by atoms with E-state index in [2.05, 4.69) is 28.4 Å². The van der Waals surface area contributed by atoms with Crippen molar-refractivity contribution in [1.82, 2.24) is 10.2 Å². The number of H-pyrrole nitrogens is 1. The fourth-order valence-electron chi connectivity index (χ4n) is 2.83. The van der Waals surface area contributed by atoms with Crippen molar-refractivity contribution in [2.24, 2.45) is 0 Å². The Labute approximate surface area is 137 Å². The molecule has 0 fully saturated rings. The lowest BCUT2D eigenvalue weighted by molar-refractivity contribution is 0.0692. The number of carbonyl (C=O) groups is 1. The first-order chi connectivity index (χ1) is 11.7. The quantitative estimate of drug-likeness (QED) is 0.596. The van der Waals surface area contributed by atoms with Gasteiger partial charge in [-0.1, -0.05) is 42.5 Å². The zero-order valence-corrected chi connectivity index (χ0v) is 12.7. The molecule has 0 atom stereocenters. The Morgan fingerprint density at radius 1 is 1.04 bits per heavy atom. The van der Waals surface area contributed by atoms with Gasteiger partial charge in [-0.2, -0.15) is 5.10 Å². The van der Waals surface area contributed by atoms with Gasteiger partial charge in [-0.05, 0) is 28.5 Å². The highest BCUT2D eigenvalue weighted by Crippen LogP contribution is 2.24. The Hall–Kier alpha value is -3.34. The van der Waals surface area contributed by atoms with Crippen LogP contribution in [0.4, 0.5) is 0 Å².